The molecule has 3 heterocycles. The van der Waals surface area contributed by atoms with Crippen LogP contribution in [0.2, 0.25) is 6.82 Å². The lowest BCUT2D eigenvalue weighted by Gasteiger charge is -2.42. The summed E-state index contributed by atoms with van der Waals surface area (Å²) in [5.74, 6) is 0. The zero-order valence-corrected chi connectivity index (χ0v) is 15.3. The maximum absolute atomic E-state index is 2.52. The second kappa shape index (κ2) is 4.34. The zero-order chi connectivity index (χ0) is 16.7. The minimum atomic E-state index is 0.0255. The SMILES string of the molecule is CB1c2c(C)c(C)n3c2C(=CN1C)C(C)(C)c1cccc(C)c1-3. The van der Waals surface area contributed by atoms with E-state index in [0.29, 0.717) is 6.85 Å². The van der Waals surface area contributed by atoms with E-state index in [1.165, 1.54) is 44.8 Å². The Balaban J connectivity index is 2.23. The topological polar surface area (TPSA) is 8.17 Å². The van der Waals surface area contributed by atoms with Crippen molar-refractivity contribution in [1.82, 2.24) is 9.38 Å². The van der Waals surface area contributed by atoms with Crippen LogP contribution in [0.15, 0.2) is 24.4 Å². The second-order valence-corrected chi connectivity index (χ2v) is 7.79. The lowest BCUT2D eigenvalue weighted by Crippen LogP contribution is -2.48. The van der Waals surface area contributed by atoms with Gasteiger partial charge in [0.25, 0.3) is 6.85 Å². The normalized spacial score (nSPS) is 17.8. The van der Waals surface area contributed by atoms with Crippen molar-refractivity contribution in [3.8, 4) is 5.69 Å². The average molecular weight is 304 g/mol. The predicted molar refractivity (Wildman–Crippen MR) is 100.0 cm³/mol. The fraction of sp³-hybridized carbons (Fsp3) is 0.400. The van der Waals surface area contributed by atoms with E-state index in [1.54, 1.807) is 0 Å². The summed E-state index contributed by atoms with van der Waals surface area (Å²) in [6.45, 7) is 14.3. The number of aromatic nitrogens is 1. The average Bonchev–Trinajstić information content (AvgIpc) is 2.74. The molecule has 3 heteroatoms. The number of hydrogen-bond donors (Lipinski definition) is 0. The molecule has 0 atom stereocenters. The van der Waals surface area contributed by atoms with Crippen molar-refractivity contribution >= 4 is 17.9 Å². The maximum Gasteiger partial charge on any atom is 0.287 e. The van der Waals surface area contributed by atoms with E-state index in [0.717, 1.165) is 0 Å². The van der Waals surface area contributed by atoms with Gasteiger partial charge in [-0.2, -0.15) is 0 Å². The molecule has 2 aromatic rings. The molecule has 0 saturated carbocycles. The van der Waals surface area contributed by atoms with Gasteiger partial charge in [0.15, 0.2) is 0 Å². The van der Waals surface area contributed by atoms with Gasteiger partial charge >= 0.3 is 0 Å². The third-order valence-corrected chi connectivity index (χ3v) is 6.19. The van der Waals surface area contributed by atoms with Crippen molar-refractivity contribution < 1.29 is 0 Å². The summed E-state index contributed by atoms with van der Waals surface area (Å²) in [6, 6.07) is 6.74. The molecule has 2 aliphatic heterocycles. The Labute approximate surface area is 139 Å². The number of rotatable bonds is 0. The van der Waals surface area contributed by atoms with Crippen LogP contribution in [0.5, 0.6) is 0 Å². The molecule has 1 aromatic heterocycles. The van der Waals surface area contributed by atoms with Gasteiger partial charge in [-0.3, -0.25) is 0 Å². The Kier molecular flexibility index (Phi) is 2.77. The summed E-state index contributed by atoms with van der Waals surface area (Å²) in [5, 5.41) is 0. The minimum Gasteiger partial charge on any atom is -0.419 e. The van der Waals surface area contributed by atoms with Crippen LogP contribution in [0.1, 0.15) is 41.9 Å². The van der Waals surface area contributed by atoms with Crippen molar-refractivity contribution in [3.05, 3.63) is 52.5 Å². The molecule has 0 aliphatic carbocycles. The summed E-state index contributed by atoms with van der Waals surface area (Å²) < 4.78 is 2.52. The molecule has 0 unspecified atom stereocenters. The first-order valence-corrected chi connectivity index (χ1v) is 8.53. The van der Waals surface area contributed by atoms with Crippen LogP contribution in [0.25, 0.3) is 11.3 Å². The van der Waals surface area contributed by atoms with Crippen molar-refractivity contribution in [1.29, 1.82) is 0 Å². The maximum atomic E-state index is 2.52. The zero-order valence-electron chi connectivity index (χ0n) is 15.3. The molecule has 0 amide bonds. The molecule has 23 heavy (non-hydrogen) atoms. The highest BCUT2D eigenvalue weighted by atomic mass is 15.1. The third-order valence-electron chi connectivity index (χ3n) is 6.19. The predicted octanol–water partition coefficient (Wildman–Crippen LogP) is 3.81. The third kappa shape index (κ3) is 1.60. The molecule has 0 bridgehead atoms. The second-order valence-electron chi connectivity index (χ2n) is 7.79. The van der Waals surface area contributed by atoms with Crippen molar-refractivity contribution in [2.24, 2.45) is 0 Å². The molecule has 0 saturated heterocycles. The number of aryl methyl sites for hydroxylation is 1. The van der Waals surface area contributed by atoms with Crippen LogP contribution < -0.4 is 5.46 Å². The fourth-order valence-corrected chi connectivity index (χ4v) is 4.53. The molecule has 2 aliphatic rings. The van der Waals surface area contributed by atoms with Crippen LogP contribution in [-0.2, 0) is 5.41 Å². The number of allylic oxidation sites excluding steroid dienone is 1. The summed E-state index contributed by atoms with van der Waals surface area (Å²) in [7, 11) is 2.20. The van der Waals surface area contributed by atoms with E-state index in [-0.39, 0.29) is 5.41 Å². The monoisotopic (exact) mass is 304 g/mol. The van der Waals surface area contributed by atoms with Gasteiger partial charge < -0.3 is 9.38 Å². The van der Waals surface area contributed by atoms with Crippen LogP contribution in [0.3, 0.4) is 0 Å². The van der Waals surface area contributed by atoms with Gasteiger partial charge in [0.1, 0.15) is 0 Å². The highest BCUT2D eigenvalue weighted by Gasteiger charge is 2.43. The Bertz CT molecular complexity index is 870. The molecule has 0 spiro atoms. The van der Waals surface area contributed by atoms with E-state index in [4.69, 9.17) is 0 Å². The highest BCUT2D eigenvalue weighted by molar-refractivity contribution is 6.71. The summed E-state index contributed by atoms with van der Waals surface area (Å²) in [4.78, 5) is 2.37. The van der Waals surface area contributed by atoms with Crippen LogP contribution >= 0.6 is 0 Å². The Morgan fingerprint density at radius 3 is 2.48 bits per heavy atom. The van der Waals surface area contributed by atoms with Crippen molar-refractivity contribution in [2.75, 3.05) is 7.05 Å². The summed E-state index contributed by atoms with van der Waals surface area (Å²) >= 11 is 0. The van der Waals surface area contributed by atoms with Gasteiger partial charge in [-0.1, -0.05) is 38.9 Å². The molecule has 4 rings (SSSR count). The lowest BCUT2D eigenvalue weighted by molar-refractivity contribution is 0.628. The van der Waals surface area contributed by atoms with Gasteiger partial charge in [0.05, 0.1) is 5.69 Å². The van der Waals surface area contributed by atoms with Gasteiger partial charge in [-0.15, -0.1) is 0 Å². The molecule has 0 radical (unpaired) electrons. The number of para-hydroxylation sites is 1. The van der Waals surface area contributed by atoms with Crippen LogP contribution in [0.4, 0.5) is 0 Å². The molecule has 1 aromatic carbocycles. The first-order valence-electron chi connectivity index (χ1n) is 8.53. The van der Waals surface area contributed by atoms with Crippen LogP contribution in [0, 0.1) is 20.8 Å². The number of nitrogens with zero attached hydrogens (tertiary/aromatic N) is 2. The molecule has 0 fully saturated rings. The van der Waals surface area contributed by atoms with Crippen molar-refractivity contribution in [2.45, 2.75) is 46.9 Å². The first-order chi connectivity index (χ1) is 10.8. The lowest BCUT2D eigenvalue weighted by atomic mass is 9.52. The Hall–Kier alpha value is -1.90. The number of fused-ring (bicyclic) bond motifs is 2. The number of benzene rings is 1. The first kappa shape index (κ1) is 14.7. The minimum absolute atomic E-state index is 0.0255. The highest BCUT2D eigenvalue weighted by Crippen LogP contribution is 2.48. The largest absolute Gasteiger partial charge is 0.419 e. The van der Waals surface area contributed by atoms with E-state index in [2.05, 4.69) is 82.3 Å². The Morgan fingerprint density at radius 2 is 1.78 bits per heavy atom. The Morgan fingerprint density at radius 1 is 1.09 bits per heavy atom. The van der Waals surface area contributed by atoms with E-state index < -0.39 is 0 Å². The molecular weight excluding hydrogens is 279 g/mol. The van der Waals surface area contributed by atoms with E-state index >= 15 is 0 Å². The quantitative estimate of drug-likeness (QED) is 0.672. The van der Waals surface area contributed by atoms with E-state index in [9.17, 15) is 0 Å². The molecule has 2 nitrogen and oxygen atoms in total. The van der Waals surface area contributed by atoms with Gasteiger partial charge in [0, 0.05) is 22.4 Å². The van der Waals surface area contributed by atoms with Gasteiger partial charge in [-0.05, 0) is 56.2 Å². The molecule has 0 N–H and O–H groups in total. The number of hydrogen-bond acceptors (Lipinski definition) is 1. The smallest absolute Gasteiger partial charge is 0.287 e. The van der Waals surface area contributed by atoms with Gasteiger partial charge in [0.2, 0.25) is 0 Å². The summed E-state index contributed by atoms with van der Waals surface area (Å²) in [5.41, 5.74) is 11.4. The summed E-state index contributed by atoms with van der Waals surface area (Å²) in [6.07, 6.45) is 2.37. The molecular formula is C20H25BN2. The van der Waals surface area contributed by atoms with E-state index in [1.807, 2.05) is 0 Å². The van der Waals surface area contributed by atoms with Crippen LogP contribution in [-0.4, -0.2) is 23.3 Å². The fourth-order valence-electron chi connectivity index (χ4n) is 4.53. The van der Waals surface area contributed by atoms with Crippen molar-refractivity contribution in [3.63, 3.8) is 0 Å². The standard InChI is InChI=1S/C20H25BN2/c1-12-9-8-10-15-18(12)23-14(3)13(2)17-19(23)16(20(15,4)5)11-22(7)21(17)6/h8-11H,1-7H3. The van der Waals surface area contributed by atoms with Gasteiger partial charge in [-0.25, -0.2) is 0 Å². The molecule has 118 valence electrons.